The van der Waals surface area contributed by atoms with Crippen molar-refractivity contribution < 1.29 is 9.59 Å². The zero-order chi connectivity index (χ0) is 18.5. The summed E-state index contributed by atoms with van der Waals surface area (Å²) in [4.78, 5) is 28.6. The Hall–Kier alpha value is -2.86. The van der Waals surface area contributed by atoms with Gasteiger partial charge < -0.3 is 5.32 Å². The number of benzene rings is 2. The van der Waals surface area contributed by atoms with Crippen LogP contribution in [0.25, 0.3) is 11.3 Å². The molecule has 1 N–H and O–H groups in total. The van der Waals surface area contributed by atoms with Gasteiger partial charge in [0.2, 0.25) is 11.8 Å². The molecule has 0 bridgehead atoms. The fourth-order valence-electron chi connectivity index (χ4n) is 2.52. The van der Waals surface area contributed by atoms with Crippen molar-refractivity contribution in [2.24, 2.45) is 0 Å². The predicted octanol–water partition coefficient (Wildman–Crippen LogP) is 4.25. The van der Waals surface area contributed by atoms with Gasteiger partial charge in [0.05, 0.1) is 17.6 Å². The van der Waals surface area contributed by atoms with Crippen LogP contribution in [0.3, 0.4) is 0 Å². The number of aryl methyl sites for hydroxylation is 1. The molecule has 0 aliphatic heterocycles. The lowest BCUT2D eigenvalue weighted by molar-refractivity contribution is -0.113. The molecule has 0 aliphatic carbocycles. The van der Waals surface area contributed by atoms with Gasteiger partial charge in [-0.3, -0.25) is 14.2 Å². The first-order chi connectivity index (χ1) is 12.5. The number of hydrogen-bond acceptors (Lipinski definition) is 4. The monoisotopic (exact) mass is 365 g/mol. The van der Waals surface area contributed by atoms with Crippen LogP contribution in [0, 0.1) is 6.92 Å². The van der Waals surface area contributed by atoms with Crippen LogP contribution in [0.15, 0.2) is 66.0 Å². The van der Waals surface area contributed by atoms with Gasteiger partial charge in [-0.25, -0.2) is 4.98 Å². The first-order valence-corrected chi connectivity index (χ1v) is 9.16. The Labute approximate surface area is 156 Å². The number of carbonyl (C=O) groups excluding carboxylic acids is 2. The van der Waals surface area contributed by atoms with E-state index in [1.54, 1.807) is 10.8 Å². The van der Waals surface area contributed by atoms with E-state index in [1.807, 2.05) is 61.5 Å². The lowest BCUT2D eigenvalue weighted by Gasteiger charge is -2.08. The van der Waals surface area contributed by atoms with Crippen molar-refractivity contribution in [1.82, 2.24) is 9.55 Å². The minimum atomic E-state index is -0.141. The summed E-state index contributed by atoms with van der Waals surface area (Å²) in [5, 5.41) is 3.35. The molecule has 26 heavy (non-hydrogen) atoms. The molecule has 0 atom stereocenters. The van der Waals surface area contributed by atoms with E-state index in [4.69, 9.17) is 0 Å². The third kappa shape index (κ3) is 4.21. The van der Waals surface area contributed by atoms with Crippen LogP contribution in [-0.2, 0) is 4.79 Å². The molecular weight excluding hydrogens is 346 g/mol. The van der Waals surface area contributed by atoms with Crippen LogP contribution >= 0.6 is 11.8 Å². The van der Waals surface area contributed by atoms with E-state index in [0.717, 1.165) is 22.5 Å². The molecule has 0 saturated carbocycles. The van der Waals surface area contributed by atoms with Crippen LogP contribution in [0.5, 0.6) is 0 Å². The van der Waals surface area contributed by atoms with Gasteiger partial charge in [-0.05, 0) is 19.1 Å². The predicted molar refractivity (Wildman–Crippen MR) is 104 cm³/mol. The number of thioether (sulfide) groups is 1. The number of hydrogen-bond donors (Lipinski definition) is 1. The van der Waals surface area contributed by atoms with Crippen LogP contribution in [0.4, 0.5) is 5.69 Å². The summed E-state index contributed by atoms with van der Waals surface area (Å²) in [7, 11) is 0. The molecule has 132 valence electrons. The lowest BCUT2D eigenvalue weighted by Crippen LogP contribution is -2.15. The van der Waals surface area contributed by atoms with Gasteiger partial charge in [0.1, 0.15) is 0 Å². The summed E-state index contributed by atoms with van der Waals surface area (Å²) in [5.41, 5.74) is 3.51. The molecule has 0 radical (unpaired) electrons. The standard InChI is InChI=1S/C20H19N3O2S/c1-14-8-10-17(11-9-14)22-19(25)13-26-20-21-12-18(23(20)15(2)24)16-6-4-3-5-7-16/h3-12H,13H2,1-2H3,(H,22,25). The molecule has 0 saturated heterocycles. The average molecular weight is 365 g/mol. The maximum Gasteiger partial charge on any atom is 0.234 e. The fraction of sp³-hybridized carbons (Fsp3) is 0.150. The molecule has 0 fully saturated rings. The van der Waals surface area contributed by atoms with E-state index in [1.165, 1.54) is 18.7 Å². The number of anilines is 1. The number of nitrogens with one attached hydrogen (secondary N) is 1. The van der Waals surface area contributed by atoms with Gasteiger partial charge in [-0.2, -0.15) is 0 Å². The smallest absolute Gasteiger partial charge is 0.234 e. The molecule has 0 spiro atoms. The Morgan fingerprint density at radius 1 is 1.08 bits per heavy atom. The van der Waals surface area contributed by atoms with E-state index in [2.05, 4.69) is 10.3 Å². The van der Waals surface area contributed by atoms with Gasteiger partial charge >= 0.3 is 0 Å². The second-order valence-electron chi connectivity index (χ2n) is 5.85. The summed E-state index contributed by atoms with van der Waals surface area (Å²) < 4.78 is 1.54. The largest absolute Gasteiger partial charge is 0.325 e. The molecule has 2 aromatic carbocycles. The van der Waals surface area contributed by atoms with E-state index in [9.17, 15) is 9.59 Å². The topological polar surface area (TPSA) is 64.0 Å². The molecule has 0 unspecified atom stereocenters. The molecule has 6 heteroatoms. The van der Waals surface area contributed by atoms with Crippen molar-refractivity contribution >= 4 is 29.3 Å². The third-order valence-corrected chi connectivity index (χ3v) is 4.73. The quantitative estimate of drug-likeness (QED) is 0.687. The minimum Gasteiger partial charge on any atom is -0.325 e. The summed E-state index contributed by atoms with van der Waals surface area (Å²) in [6.07, 6.45) is 1.66. The molecular formula is C20H19N3O2S. The number of imidazole rings is 1. The van der Waals surface area contributed by atoms with Crippen molar-refractivity contribution in [3.05, 3.63) is 66.4 Å². The summed E-state index contributed by atoms with van der Waals surface area (Å²) >= 11 is 1.24. The first-order valence-electron chi connectivity index (χ1n) is 8.18. The molecule has 3 aromatic rings. The van der Waals surface area contributed by atoms with E-state index in [0.29, 0.717) is 5.16 Å². The van der Waals surface area contributed by atoms with Crippen LogP contribution in [0.1, 0.15) is 17.3 Å². The van der Waals surface area contributed by atoms with Crippen LogP contribution < -0.4 is 5.32 Å². The highest BCUT2D eigenvalue weighted by molar-refractivity contribution is 7.99. The van der Waals surface area contributed by atoms with Crippen molar-refractivity contribution in [2.75, 3.05) is 11.1 Å². The first kappa shape index (κ1) is 17.9. The highest BCUT2D eigenvalue weighted by Crippen LogP contribution is 2.26. The second-order valence-corrected chi connectivity index (χ2v) is 6.79. The van der Waals surface area contributed by atoms with E-state index in [-0.39, 0.29) is 17.6 Å². The van der Waals surface area contributed by atoms with Gasteiger partial charge in [0.25, 0.3) is 0 Å². The Kier molecular flexibility index (Phi) is 5.53. The highest BCUT2D eigenvalue weighted by Gasteiger charge is 2.16. The zero-order valence-corrected chi connectivity index (χ0v) is 15.4. The summed E-state index contributed by atoms with van der Waals surface area (Å²) in [6.45, 7) is 3.48. The number of carbonyl (C=O) groups is 2. The maximum absolute atomic E-state index is 12.2. The lowest BCUT2D eigenvalue weighted by atomic mass is 10.2. The normalized spacial score (nSPS) is 10.5. The number of aromatic nitrogens is 2. The Morgan fingerprint density at radius 2 is 1.77 bits per heavy atom. The Bertz CT molecular complexity index is 918. The van der Waals surface area contributed by atoms with Crippen LogP contribution in [0.2, 0.25) is 0 Å². The Balaban J connectivity index is 1.72. The maximum atomic E-state index is 12.2. The van der Waals surface area contributed by atoms with Crippen molar-refractivity contribution in [2.45, 2.75) is 19.0 Å². The molecule has 1 aromatic heterocycles. The van der Waals surface area contributed by atoms with E-state index < -0.39 is 0 Å². The van der Waals surface area contributed by atoms with Crippen LogP contribution in [-0.4, -0.2) is 27.1 Å². The SMILES string of the molecule is CC(=O)n1c(-c2ccccc2)cnc1SCC(=O)Nc1ccc(C)cc1. The van der Waals surface area contributed by atoms with Crippen molar-refractivity contribution in [1.29, 1.82) is 0 Å². The molecule has 3 rings (SSSR count). The summed E-state index contributed by atoms with van der Waals surface area (Å²) in [6, 6.07) is 17.2. The molecule has 5 nitrogen and oxygen atoms in total. The fourth-order valence-corrected chi connectivity index (χ4v) is 3.33. The second kappa shape index (κ2) is 8.01. The minimum absolute atomic E-state index is 0.136. The van der Waals surface area contributed by atoms with Gasteiger partial charge in [-0.15, -0.1) is 0 Å². The van der Waals surface area contributed by atoms with Crippen molar-refractivity contribution in [3.8, 4) is 11.3 Å². The summed E-state index contributed by atoms with van der Waals surface area (Å²) in [5.74, 6) is -0.104. The number of amides is 1. The van der Waals surface area contributed by atoms with Crippen molar-refractivity contribution in [3.63, 3.8) is 0 Å². The number of rotatable bonds is 5. The van der Waals surface area contributed by atoms with Gasteiger partial charge in [0.15, 0.2) is 5.16 Å². The molecule has 1 amide bonds. The molecule has 0 aliphatic rings. The average Bonchev–Trinajstić information content (AvgIpc) is 3.07. The number of nitrogens with zero attached hydrogens (tertiary/aromatic N) is 2. The highest BCUT2D eigenvalue weighted by atomic mass is 32.2. The third-order valence-electron chi connectivity index (χ3n) is 3.78. The molecule has 1 heterocycles. The van der Waals surface area contributed by atoms with Gasteiger partial charge in [0, 0.05) is 18.2 Å². The van der Waals surface area contributed by atoms with E-state index >= 15 is 0 Å². The zero-order valence-electron chi connectivity index (χ0n) is 14.6. The van der Waals surface area contributed by atoms with Gasteiger partial charge in [-0.1, -0.05) is 59.8 Å². The Morgan fingerprint density at radius 3 is 2.42 bits per heavy atom.